The Morgan fingerprint density at radius 1 is 1.45 bits per heavy atom. The van der Waals surface area contributed by atoms with Gasteiger partial charge >= 0.3 is 0 Å². The van der Waals surface area contributed by atoms with E-state index in [1.54, 1.807) is 11.8 Å². The fourth-order valence-corrected chi connectivity index (χ4v) is 2.27. The minimum Gasteiger partial charge on any atom is -0.343 e. The standard InChI is InChI=1S/C13H20N4O3/c1-8(2)6-10-13(19)17(7-12(18)15-10)5-4-11-14-9(3)20-16-11/h8,10H,4-7H2,1-3H3,(H,15,18). The number of piperazine rings is 1. The molecule has 1 fully saturated rings. The minimum atomic E-state index is -0.414. The molecule has 20 heavy (non-hydrogen) atoms. The third-order valence-corrected chi connectivity index (χ3v) is 3.16. The van der Waals surface area contributed by atoms with E-state index in [0.29, 0.717) is 37.0 Å². The molecule has 1 N–H and O–H groups in total. The van der Waals surface area contributed by atoms with E-state index in [1.807, 2.05) is 13.8 Å². The summed E-state index contributed by atoms with van der Waals surface area (Å²) in [5.74, 6) is 1.27. The van der Waals surface area contributed by atoms with E-state index in [1.165, 1.54) is 0 Å². The van der Waals surface area contributed by atoms with Crippen LogP contribution in [0.2, 0.25) is 0 Å². The van der Waals surface area contributed by atoms with Crippen LogP contribution in [0.25, 0.3) is 0 Å². The van der Waals surface area contributed by atoms with Gasteiger partial charge < -0.3 is 14.7 Å². The van der Waals surface area contributed by atoms with Crippen LogP contribution in [0, 0.1) is 12.8 Å². The highest BCUT2D eigenvalue weighted by Crippen LogP contribution is 2.12. The lowest BCUT2D eigenvalue weighted by Crippen LogP contribution is -2.58. The van der Waals surface area contributed by atoms with E-state index in [-0.39, 0.29) is 18.4 Å². The highest BCUT2D eigenvalue weighted by Gasteiger charge is 2.32. The maximum absolute atomic E-state index is 12.3. The summed E-state index contributed by atoms with van der Waals surface area (Å²) in [5.41, 5.74) is 0. The largest absolute Gasteiger partial charge is 0.343 e. The smallest absolute Gasteiger partial charge is 0.245 e. The molecule has 1 aliphatic rings. The molecule has 1 aromatic rings. The van der Waals surface area contributed by atoms with Crippen LogP contribution in [0.4, 0.5) is 0 Å². The van der Waals surface area contributed by atoms with Crippen molar-refractivity contribution in [2.45, 2.75) is 39.7 Å². The third kappa shape index (κ3) is 3.55. The Balaban J connectivity index is 1.95. The summed E-state index contributed by atoms with van der Waals surface area (Å²) >= 11 is 0. The van der Waals surface area contributed by atoms with Crippen LogP contribution in [0.15, 0.2) is 4.52 Å². The van der Waals surface area contributed by atoms with Gasteiger partial charge in [-0.3, -0.25) is 9.59 Å². The molecule has 2 heterocycles. The van der Waals surface area contributed by atoms with Gasteiger partial charge in [-0.25, -0.2) is 0 Å². The molecule has 0 aromatic carbocycles. The van der Waals surface area contributed by atoms with Crippen LogP contribution < -0.4 is 5.32 Å². The predicted molar refractivity (Wildman–Crippen MR) is 70.7 cm³/mol. The molecular formula is C13H20N4O3. The molecule has 2 rings (SSSR count). The van der Waals surface area contributed by atoms with Crippen LogP contribution in [-0.4, -0.2) is 46.0 Å². The van der Waals surface area contributed by atoms with Crippen LogP contribution in [0.5, 0.6) is 0 Å². The van der Waals surface area contributed by atoms with Gasteiger partial charge in [-0.05, 0) is 12.3 Å². The van der Waals surface area contributed by atoms with Crippen molar-refractivity contribution in [3.63, 3.8) is 0 Å². The Labute approximate surface area is 117 Å². The van der Waals surface area contributed by atoms with Gasteiger partial charge in [0.05, 0.1) is 6.54 Å². The molecule has 0 bridgehead atoms. The molecule has 0 saturated carbocycles. The summed E-state index contributed by atoms with van der Waals surface area (Å²) in [7, 11) is 0. The summed E-state index contributed by atoms with van der Waals surface area (Å²) in [6.07, 6.45) is 1.15. The highest BCUT2D eigenvalue weighted by atomic mass is 16.5. The van der Waals surface area contributed by atoms with Crippen LogP contribution >= 0.6 is 0 Å². The zero-order valence-electron chi connectivity index (χ0n) is 12.0. The summed E-state index contributed by atoms with van der Waals surface area (Å²) in [6, 6.07) is -0.414. The number of aromatic nitrogens is 2. The molecule has 0 radical (unpaired) electrons. The van der Waals surface area contributed by atoms with Crippen molar-refractivity contribution in [1.29, 1.82) is 0 Å². The number of hydrogen-bond donors (Lipinski definition) is 1. The van der Waals surface area contributed by atoms with E-state index in [4.69, 9.17) is 4.52 Å². The van der Waals surface area contributed by atoms with Gasteiger partial charge in [-0.15, -0.1) is 0 Å². The van der Waals surface area contributed by atoms with Crippen molar-refractivity contribution in [2.75, 3.05) is 13.1 Å². The quantitative estimate of drug-likeness (QED) is 0.837. The second-order valence-corrected chi connectivity index (χ2v) is 5.49. The molecule has 2 amide bonds. The van der Waals surface area contributed by atoms with E-state index < -0.39 is 6.04 Å². The molecule has 7 nitrogen and oxygen atoms in total. The summed E-state index contributed by atoms with van der Waals surface area (Å²) in [5, 5.41) is 6.54. The summed E-state index contributed by atoms with van der Waals surface area (Å²) in [4.78, 5) is 29.6. The molecule has 7 heteroatoms. The molecule has 1 aromatic heterocycles. The maximum atomic E-state index is 12.3. The van der Waals surface area contributed by atoms with Crippen molar-refractivity contribution in [3.05, 3.63) is 11.7 Å². The molecule has 0 aliphatic carbocycles. The predicted octanol–water partition coefficient (Wildman–Crippen LogP) is 0.294. The number of aryl methyl sites for hydroxylation is 1. The Kier molecular flexibility index (Phi) is 4.36. The first-order chi connectivity index (χ1) is 9.45. The summed E-state index contributed by atoms with van der Waals surface area (Å²) in [6.45, 7) is 6.31. The van der Waals surface area contributed by atoms with Gasteiger partial charge in [-0.1, -0.05) is 19.0 Å². The van der Waals surface area contributed by atoms with Crippen molar-refractivity contribution in [1.82, 2.24) is 20.4 Å². The Hall–Kier alpha value is -1.92. The number of nitrogens with zero attached hydrogens (tertiary/aromatic N) is 3. The number of amides is 2. The van der Waals surface area contributed by atoms with Crippen molar-refractivity contribution in [3.8, 4) is 0 Å². The number of nitrogens with one attached hydrogen (secondary N) is 1. The molecule has 1 saturated heterocycles. The Morgan fingerprint density at radius 3 is 2.80 bits per heavy atom. The van der Waals surface area contributed by atoms with Crippen molar-refractivity contribution >= 4 is 11.8 Å². The minimum absolute atomic E-state index is 0.0292. The molecular weight excluding hydrogens is 260 g/mol. The Morgan fingerprint density at radius 2 is 2.20 bits per heavy atom. The average Bonchev–Trinajstić information content (AvgIpc) is 2.77. The molecule has 110 valence electrons. The van der Waals surface area contributed by atoms with Gasteiger partial charge in [0.25, 0.3) is 0 Å². The lowest BCUT2D eigenvalue weighted by molar-refractivity contribution is -0.144. The number of carbonyl (C=O) groups is 2. The van der Waals surface area contributed by atoms with Crippen molar-refractivity contribution < 1.29 is 14.1 Å². The zero-order chi connectivity index (χ0) is 14.7. The molecule has 0 spiro atoms. The SMILES string of the molecule is Cc1nc(CCN2CC(=O)NC(CC(C)C)C2=O)no1. The second kappa shape index (κ2) is 6.02. The number of carbonyl (C=O) groups excluding carboxylic acids is 2. The monoisotopic (exact) mass is 280 g/mol. The molecule has 1 atom stereocenters. The normalized spacial score (nSPS) is 19.6. The fourth-order valence-electron chi connectivity index (χ4n) is 2.27. The summed E-state index contributed by atoms with van der Waals surface area (Å²) < 4.78 is 4.88. The van der Waals surface area contributed by atoms with E-state index in [0.717, 1.165) is 0 Å². The maximum Gasteiger partial charge on any atom is 0.245 e. The lowest BCUT2D eigenvalue weighted by atomic mass is 10.0. The van der Waals surface area contributed by atoms with Crippen LogP contribution in [0.3, 0.4) is 0 Å². The highest BCUT2D eigenvalue weighted by molar-refractivity contribution is 5.94. The van der Waals surface area contributed by atoms with Crippen LogP contribution in [-0.2, 0) is 16.0 Å². The topological polar surface area (TPSA) is 88.3 Å². The fraction of sp³-hybridized carbons (Fsp3) is 0.692. The van der Waals surface area contributed by atoms with Crippen molar-refractivity contribution in [2.24, 2.45) is 5.92 Å². The van der Waals surface area contributed by atoms with E-state index >= 15 is 0 Å². The average molecular weight is 280 g/mol. The van der Waals surface area contributed by atoms with Gasteiger partial charge in [-0.2, -0.15) is 4.98 Å². The lowest BCUT2D eigenvalue weighted by Gasteiger charge is -2.33. The Bertz CT molecular complexity index is 498. The number of hydrogen-bond acceptors (Lipinski definition) is 5. The first kappa shape index (κ1) is 14.5. The van der Waals surface area contributed by atoms with Gasteiger partial charge in [0.15, 0.2) is 5.82 Å². The van der Waals surface area contributed by atoms with Gasteiger partial charge in [0.1, 0.15) is 6.04 Å². The number of rotatable bonds is 5. The third-order valence-electron chi connectivity index (χ3n) is 3.16. The first-order valence-electron chi connectivity index (χ1n) is 6.83. The van der Waals surface area contributed by atoms with Crippen LogP contribution in [0.1, 0.15) is 32.0 Å². The first-order valence-corrected chi connectivity index (χ1v) is 6.83. The molecule has 1 unspecified atom stereocenters. The van der Waals surface area contributed by atoms with Gasteiger partial charge in [0.2, 0.25) is 17.7 Å². The second-order valence-electron chi connectivity index (χ2n) is 5.49. The van der Waals surface area contributed by atoms with E-state index in [2.05, 4.69) is 15.5 Å². The van der Waals surface area contributed by atoms with Gasteiger partial charge in [0, 0.05) is 19.9 Å². The van der Waals surface area contributed by atoms with E-state index in [9.17, 15) is 9.59 Å². The molecule has 1 aliphatic heterocycles. The zero-order valence-corrected chi connectivity index (χ0v) is 12.0.